The maximum absolute atomic E-state index is 5.52. The molecule has 3 rings (SSSR count). The van der Waals surface area contributed by atoms with E-state index < -0.39 is 0 Å². The Kier molecular flexibility index (Phi) is 4.22. The number of nitrogens with zero attached hydrogens (tertiary/aromatic N) is 1. The summed E-state index contributed by atoms with van der Waals surface area (Å²) in [5.74, 6) is 5.52. The standard InChI is InChI=1S/C18H19N3S/c1-2-18(14-9-5-3-6-10-14,15-11-7-4-8-12-15)16-13-20-17(21-19)22-16/h3-13H,2,19H2,1H3,(H,20,21). The summed E-state index contributed by atoms with van der Waals surface area (Å²) in [6.45, 7) is 2.22. The Bertz CT molecular complexity index is 683. The number of hydrogen-bond donors (Lipinski definition) is 2. The number of aromatic nitrogens is 1. The van der Waals surface area contributed by atoms with Gasteiger partial charge in [-0.3, -0.25) is 5.43 Å². The predicted octanol–water partition coefficient (Wildman–Crippen LogP) is 4.17. The zero-order valence-electron chi connectivity index (χ0n) is 12.5. The summed E-state index contributed by atoms with van der Waals surface area (Å²) >= 11 is 1.61. The quantitative estimate of drug-likeness (QED) is 0.549. The molecule has 112 valence electrons. The summed E-state index contributed by atoms with van der Waals surface area (Å²) in [7, 11) is 0. The molecule has 0 spiro atoms. The molecule has 1 aromatic heterocycles. The van der Waals surface area contributed by atoms with Crippen LogP contribution in [0.5, 0.6) is 0 Å². The van der Waals surface area contributed by atoms with Gasteiger partial charge < -0.3 is 0 Å². The zero-order valence-corrected chi connectivity index (χ0v) is 13.3. The van der Waals surface area contributed by atoms with E-state index in [1.54, 1.807) is 11.3 Å². The van der Waals surface area contributed by atoms with E-state index in [1.165, 1.54) is 16.0 Å². The van der Waals surface area contributed by atoms with Crippen LogP contribution in [0.2, 0.25) is 0 Å². The number of anilines is 1. The molecule has 0 aliphatic rings. The molecule has 2 aromatic carbocycles. The molecule has 0 saturated heterocycles. The molecular formula is C18H19N3S. The Labute approximate surface area is 134 Å². The van der Waals surface area contributed by atoms with E-state index in [4.69, 9.17) is 5.84 Å². The van der Waals surface area contributed by atoms with Crippen LogP contribution < -0.4 is 11.3 Å². The van der Waals surface area contributed by atoms with Gasteiger partial charge in [-0.25, -0.2) is 10.8 Å². The normalized spacial score (nSPS) is 11.4. The number of hydrogen-bond acceptors (Lipinski definition) is 4. The fraction of sp³-hybridized carbons (Fsp3) is 0.167. The van der Waals surface area contributed by atoms with Gasteiger partial charge in [0.1, 0.15) is 0 Å². The lowest BCUT2D eigenvalue weighted by atomic mass is 9.71. The number of hydrazine groups is 1. The van der Waals surface area contributed by atoms with Gasteiger partial charge in [-0.1, -0.05) is 78.9 Å². The van der Waals surface area contributed by atoms with Crippen molar-refractivity contribution in [2.75, 3.05) is 5.43 Å². The number of nitrogens with two attached hydrogens (primary N) is 1. The predicted molar refractivity (Wildman–Crippen MR) is 93.0 cm³/mol. The van der Waals surface area contributed by atoms with Gasteiger partial charge in [0.2, 0.25) is 0 Å². The lowest BCUT2D eigenvalue weighted by Gasteiger charge is -2.33. The third kappa shape index (κ3) is 2.40. The van der Waals surface area contributed by atoms with Crippen molar-refractivity contribution in [3.8, 4) is 0 Å². The van der Waals surface area contributed by atoms with Gasteiger partial charge in [0.15, 0.2) is 5.13 Å². The number of nitrogens with one attached hydrogen (secondary N) is 1. The lowest BCUT2D eigenvalue weighted by molar-refractivity contribution is 0.604. The molecule has 0 aliphatic heterocycles. The Morgan fingerprint density at radius 1 is 1.00 bits per heavy atom. The van der Waals surface area contributed by atoms with Crippen LogP contribution in [0.25, 0.3) is 0 Å². The Balaban J connectivity index is 2.25. The number of benzene rings is 2. The molecule has 4 heteroatoms. The third-order valence-corrected chi connectivity index (χ3v) is 5.20. The van der Waals surface area contributed by atoms with Crippen molar-refractivity contribution < 1.29 is 0 Å². The Morgan fingerprint density at radius 2 is 1.55 bits per heavy atom. The van der Waals surface area contributed by atoms with E-state index in [0.29, 0.717) is 0 Å². The van der Waals surface area contributed by atoms with Crippen LogP contribution in [-0.4, -0.2) is 4.98 Å². The molecule has 0 atom stereocenters. The molecule has 0 unspecified atom stereocenters. The summed E-state index contributed by atoms with van der Waals surface area (Å²) in [6, 6.07) is 21.2. The average molecular weight is 309 g/mol. The second-order valence-electron chi connectivity index (χ2n) is 5.16. The van der Waals surface area contributed by atoms with Crippen LogP contribution in [0.1, 0.15) is 29.3 Å². The Hall–Kier alpha value is -2.17. The first kappa shape index (κ1) is 14.8. The lowest BCUT2D eigenvalue weighted by Crippen LogP contribution is -2.27. The fourth-order valence-corrected chi connectivity index (χ4v) is 4.05. The number of thiazole rings is 1. The van der Waals surface area contributed by atoms with E-state index in [0.717, 1.165) is 11.6 Å². The zero-order chi connectivity index (χ0) is 15.4. The van der Waals surface area contributed by atoms with Crippen molar-refractivity contribution in [3.63, 3.8) is 0 Å². The van der Waals surface area contributed by atoms with Gasteiger partial charge >= 0.3 is 0 Å². The third-order valence-electron chi connectivity index (χ3n) is 4.11. The monoisotopic (exact) mass is 309 g/mol. The van der Waals surface area contributed by atoms with Crippen LogP contribution in [0.3, 0.4) is 0 Å². The molecular weight excluding hydrogens is 290 g/mol. The highest BCUT2D eigenvalue weighted by molar-refractivity contribution is 7.15. The second-order valence-corrected chi connectivity index (χ2v) is 6.20. The van der Waals surface area contributed by atoms with Crippen LogP contribution >= 0.6 is 11.3 Å². The van der Waals surface area contributed by atoms with E-state index in [1.807, 2.05) is 6.20 Å². The smallest absolute Gasteiger partial charge is 0.197 e. The maximum Gasteiger partial charge on any atom is 0.197 e. The minimum atomic E-state index is -0.199. The maximum atomic E-state index is 5.52. The molecule has 3 nitrogen and oxygen atoms in total. The first-order chi connectivity index (χ1) is 10.8. The summed E-state index contributed by atoms with van der Waals surface area (Å²) in [5.41, 5.74) is 5.00. The highest BCUT2D eigenvalue weighted by Crippen LogP contribution is 2.44. The van der Waals surface area contributed by atoms with Crippen molar-refractivity contribution in [2.45, 2.75) is 18.8 Å². The van der Waals surface area contributed by atoms with E-state index >= 15 is 0 Å². The van der Waals surface area contributed by atoms with Crippen LogP contribution in [0.4, 0.5) is 5.13 Å². The van der Waals surface area contributed by atoms with Gasteiger partial charge in [-0.2, -0.15) is 0 Å². The largest absolute Gasteiger partial charge is 0.300 e. The topological polar surface area (TPSA) is 50.9 Å². The van der Waals surface area contributed by atoms with Gasteiger partial charge in [-0.05, 0) is 17.5 Å². The number of nitrogen functional groups attached to an aromatic ring is 1. The summed E-state index contributed by atoms with van der Waals surface area (Å²) in [4.78, 5) is 5.58. The minimum Gasteiger partial charge on any atom is -0.300 e. The molecule has 3 N–H and O–H groups in total. The second kappa shape index (κ2) is 6.30. The van der Waals surface area contributed by atoms with Crippen molar-refractivity contribution in [2.24, 2.45) is 5.84 Å². The fourth-order valence-electron chi connectivity index (χ4n) is 3.02. The summed E-state index contributed by atoms with van der Waals surface area (Å²) < 4.78 is 0. The van der Waals surface area contributed by atoms with E-state index in [9.17, 15) is 0 Å². The van der Waals surface area contributed by atoms with Gasteiger partial charge in [0.05, 0.1) is 5.41 Å². The minimum absolute atomic E-state index is 0.199. The molecule has 0 radical (unpaired) electrons. The van der Waals surface area contributed by atoms with E-state index in [-0.39, 0.29) is 5.41 Å². The number of rotatable bonds is 5. The van der Waals surface area contributed by atoms with Crippen molar-refractivity contribution >= 4 is 16.5 Å². The van der Waals surface area contributed by atoms with Crippen LogP contribution in [0.15, 0.2) is 66.9 Å². The molecule has 0 bridgehead atoms. The van der Waals surface area contributed by atoms with Gasteiger partial charge in [-0.15, -0.1) is 0 Å². The molecule has 1 heterocycles. The first-order valence-electron chi connectivity index (χ1n) is 7.35. The Morgan fingerprint density at radius 3 is 1.95 bits per heavy atom. The van der Waals surface area contributed by atoms with Crippen molar-refractivity contribution in [3.05, 3.63) is 82.9 Å². The molecule has 22 heavy (non-hydrogen) atoms. The molecule has 3 aromatic rings. The van der Waals surface area contributed by atoms with E-state index in [2.05, 4.69) is 78.0 Å². The van der Waals surface area contributed by atoms with Crippen LogP contribution in [0, 0.1) is 0 Å². The molecule has 0 fully saturated rings. The molecule has 0 saturated carbocycles. The SMILES string of the molecule is CCC(c1ccccc1)(c1ccccc1)c1cnc(NN)s1. The van der Waals surface area contributed by atoms with Crippen molar-refractivity contribution in [1.29, 1.82) is 0 Å². The molecule has 0 amide bonds. The highest BCUT2D eigenvalue weighted by Gasteiger charge is 2.36. The van der Waals surface area contributed by atoms with Gasteiger partial charge in [0.25, 0.3) is 0 Å². The highest BCUT2D eigenvalue weighted by atomic mass is 32.1. The summed E-state index contributed by atoms with van der Waals surface area (Å²) in [5, 5.41) is 0.736. The first-order valence-corrected chi connectivity index (χ1v) is 8.17. The molecule has 0 aliphatic carbocycles. The average Bonchev–Trinajstić information content (AvgIpc) is 3.08. The van der Waals surface area contributed by atoms with Gasteiger partial charge in [0, 0.05) is 11.1 Å². The summed E-state index contributed by atoms with van der Waals surface area (Å²) in [6.07, 6.45) is 2.89. The van der Waals surface area contributed by atoms with Crippen molar-refractivity contribution in [1.82, 2.24) is 4.98 Å². The van der Waals surface area contributed by atoms with Crippen LogP contribution in [-0.2, 0) is 5.41 Å².